The van der Waals surface area contributed by atoms with E-state index in [4.69, 9.17) is 4.74 Å². The number of hydrogen-bond donors (Lipinski definition) is 1. The molecule has 2 heterocycles. The van der Waals surface area contributed by atoms with E-state index in [9.17, 15) is 14.4 Å². The summed E-state index contributed by atoms with van der Waals surface area (Å²) in [5.74, 6) is -0.152. The van der Waals surface area contributed by atoms with Crippen LogP contribution in [0.25, 0.3) is 10.9 Å². The molecule has 1 N–H and O–H groups in total. The average molecular weight is 494 g/mol. The number of rotatable bonds is 7. The van der Waals surface area contributed by atoms with Crippen LogP contribution in [0.1, 0.15) is 49.2 Å². The van der Waals surface area contributed by atoms with Crippen LogP contribution < -0.4 is 10.2 Å². The average Bonchev–Trinajstić information content (AvgIpc) is 3.01. The van der Waals surface area contributed by atoms with Crippen LogP contribution >= 0.6 is 11.8 Å². The van der Waals surface area contributed by atoms with Crippen molar-refractivity contribution in [3.05, 3.63) is 59.7 Å². The van der Waals surface area contributed by atoms with Crippen molar-refractivity contribution in [3.63, 3.8) is 0 Å². The van der Waals surface area contributed by atoms with Crippen molar-refractivity contribution >= 4 is 46.1 Å². The third-order valence-corrected chi connectivity index (χ3v) is 7.31. The topological polar surface area (TPSA) is 80.6 Å². The van der Waals surface area contributed by atoms with Crippen LogP contribution in [0.4, 0.5) is 5.69 Å². The van der Waals surface area contributed by atoms with Gasteiger partial charge in [0.05, 0.1) is 22.9 Å². The highest BCUT2D eigenvalue weighted by molar-refractivity contribution is 8.00. The third-order valence-electron chi connectivity index (χ3n) is 6.15. The van der Waals surface area contributed by atoms with Gasteiger partial charge >= 0.3 is 5.97 Å². The molecule has 0 saturated heterocycles. The highest BCUT2D eigenvalue weighted by Crippen LogP contribution is 2.43. The Hall–Kier alpha value is -3.26. The summed E-state index contributed by atoms with van der Waals surface area (Å²) in [5, 5.41) is 4.93. The number of ether oxygens (including phenoxy) is 1. The minimum atomic E-state index is -0.834. The number of carbonyl (C=O) groups excluding carboxylic acids is 3. The highest BCUT2D eigenvalue weighted by Gasteiger charge is 2.39. The third kappa shape index (κ3) is 4.93. The SMILES string of the molecule is CCOC(=O)c1ccc(N2C(=O)CSc3c(c4ccccc4n3C)C2C(=O)NCCC(C)C)cc1. The molecule has 1 aliphatic rings. The van der Waals surface area contributed by atoms with Crippen molar-refractivity contribution in [2.75, 3.05) is 23.8 Å². The number of anilines is 1. The van der Waals surface area contributed by atoms with Crippen molar-refractivity contribution in [3.8, 4) is 0 Å². The maximum Gasteiger partial charge on any atom is 0.338 e. The van der Waals surface area contributed by atoms with E-state index in [1.165, 1.54) is 11.8 Å². The number of fused-ring (bicyclic) bond motifs is 3. The largest absolute Gasteiger partial charge is 0.462 e. The number of aromatic nitrogens is 1. The number of nitrogens with one attached hydrogen (secondary N) is 1. The van der Waals surface area contributed by atoms with E-state index in [-0.39, 0.29) is 24.2 Å². The first-order valence-electron chi connectivity index (χ1n) is 11.9. The number of hydrogen-bond acceptors (Lipinski definition) is 5. The molecule has 1 aliphatic heterocycles. The van der Waals surface area contributed by atoms with Gasteiger partial charge in [-0.1, -0.05) is 43.8 Å². The molecule has 2 amide bonds. The number of thioether (sulfide) groups is 1. The van der Waals surface area contributed by atoms with Crippen LogP contribution in [0.3, 0.4) is 0 Å². The summed E-state index contributed by atoms with van der Waals surface area (Å²) in [6, 6.07) is 13.8. The van der Waals surface area contributed by atoms with Crippen LogP contribution in [-0.4, -0.2) is 41.3 Å². The Bertz CT molecular complexity index is 1250. The van der Waals surface area contributed by atoms with Gasteiger partial charge in [-0.2, -0.15) is 0 Å². The quantitative estimate of drug-likeness (QED) is 0.483. The van der Waals surface area contributed by atoms with E-state index < -0.39 is 12.0 Å². The van der Waals surface area contributed by atoms with Crippen LogP contribution in [0.15, 0.2) is 53.6 Å². The molecule has 0 bridgehead atoms. The standard InChI is InChI=1S/C27H31N3O4S/c1-5-34-27(33)18-10-12-19(13-11-18)30-22(31)16-35-26-23(20-8-6-7-9-21(20)29(26)4)24(30)25(32)28-15-14-17(2)3/h6-13,17,24H,5,14-16H2,1-4H3,(H,28,32). The molecule has 0 fully saturated rings. The molecular weight excluding hydrogens is 462 g/mol. The van der Waals surface area contributed by atoms with Gasteiger partial charge in [0.15, 0.2) is 0 Å². The van der Waals surface area contributed by atoms with Gasteiger partial charge in [0.1, 0.15) is 6.04 Å². The Labute approximate surface area is 209 Å². The fourth-order valence-electron chi connectivity index (χ4n) is 4.41. The first-order valence-corrected chi connectivity index (χ1v) is 12.9. The summed E-state index contributed by atoms with van der Waals surface area (Å²) >= 11 is 1.45. The summed E-state index contributed by atoms with van der Waals surface area (Å²) < 4.78 is 7.14. The van der Waals surface area contributed by atoms with Gasteiger partial charge in [-0.15, -0.1) is 0 Å². The fourth-order valence-corrected chi connectivity index (χ4v) is 5.47. The molecule has 1 atom stereocenters. The first kappa shape index (κ1) is 24.9. The predicted octanol–water partition coefficient (Wildman–Crippen LogP) is 4.70. The van der Waals surface area contributed by atoms with E-state index in [2.05, 4.69) is 23.7 Å². The number of aryl methyl sites for hydroxylation is 1. The van der Waals surface area contributed by atoms with Gasteiger partial charge in [-0.3, -0.25) is 14.5 Å². The molecule has 1 unspecified atom stereocenters. The maximum absolute atomic E-state index is 13.7. The zero-order valence-corrected chi connectivity index (χ0v) is 21.4. The molecule has 4 rings (SSSR count). The zero-order chi connectivity index (χ0) is 25.1. The van der Waals surface area contributed by atoms with E-state index >= 15 is 0 Å². The maximum atomic E-state index is 13.7. The highest BCUT2D eigenvalue weighted by atomic mass is 32.2. The smallest absolute Gasteiger partial charge is 0.338 e. The van der Waals surface area contributed by atoms with E-state index in [0.717, 1.165) is 27.9 Å². The minimum Gasteiger partial charge on any atom is -0.462 e. The lowest BCUT2D eigenvalue weighted by atomic mass is 10.0. The van der Waals surface area contributed by atoms with Crippen LogP contribution in [-0.2, 0) is 21.4 Å². The van der Waals surface area contributed by atoms with E-state index in [0.29, 0.717) is 23.7 Å². The molecule has 0 radical (unpaired) electrons. The van der Waals surface area contributed by atoms with Crippen molar-refractivity contribution in [1.29, 1.82) is 0 Å². The second kappa shape index (κ2) is 10.6. The van der Waals surface area contributed by atoms with E-state index in [1.54, 1.807) is 36.1 Å². The molecule has 1 aromatic heterocycles. The summed E-state index contributed by atoms with van der Waals surface area (Å²) in [7, 11) is 1.97. The second-order valence-corrected chi connectivity index (χ2v) is 9.95. The lowest BCUT2D eigenvalue weighted by Crippen LogP contribution is -2.44. The monoisotopic (exact) mass is 493 g/mol. The Balaban J connectivity index is 1.82. The second-order valence-electron chi connectivity index (χ2n) is 8.99. The lowest BCUT2D eigenvalue weighted by molar-refractivity contribution is -0.125. The zero-order valence-electron chi connectivity index (χ0n) is 20.5. The fraction of sp³-hybridized carbons (Fsp3) is 0.370. The van der Waals surface area contributed by atoms with Gasteiger partial charge < -0.3 is 14.6 Å². The van der Waals surface area contributed by atoms with Crippen LogP contribution in [0, 0.1) is 5.92 Å². The van der Waals surface area contributed by atoms with Gasteiger partial charge in [-0.25, -0.2) is 4.79 Å². The summed E-state index contributed by atoms with van der Waals surface area (Å²) in [6.45, 7) is 6.79. The Kier molecular flexibility index (Phi) is 7.50. The molecule has 0 saturated carbocycles. The number of carbonyl (C=O) groups is 3. The number of nitrogens with zero attached hydrogens (tertiary/aromatic N) is 2. The molecule has 7 nitrogen and oxygen atoms in total. The molecule has 35 heavy (non-hydrogen) atoms. The van der Waals surface area contributed by atoms with E-state index in [1.807, 2.05) is 31.3 Å². The molecular formula is C27H31N3O4S. The van der Waals surface area contributed by atoms with Crippen molar-refractivity contribution in [2.24, 2.45) is 13.0 Å². The number of amides is 2. The Morgan fingerprint density at radius 2 is 1.86 bits per heavy atom. The summed E-state index contributed by atoms with van der Waals surface area (Å²) in [5.41, 5.74) is 2.80. The Morgan fingerprint density at radius 3 is 2.54 bits per heavy atom. The van der Waals surface area contributed by atoms with Crippen LogP contribution in [0.2, 0.25) is 0 Å². The molecule has 2 aromatic carbocycles. The number of esters is 1. The summed E-state index contributed by atoms with van der Waals surface area (Å²) in [6.07, 6.45) is 0.845. The number of para-hydroxylation sites is 1. The predicted molar refractivity (Wildman–Crippen MR) is 139 cm³/mol. The van der Waals surface area contributed by atoms with Gasteiger partial charge in [0, 0.05) is 35.7 Å². The molecule has 0 aliphatic carbocycles. The normalized spacial score (nSPS) is 15.7. The van der Waals surface area contributed by atoms with Crippen molar-refractivity contribution in [2.45, 2.75) is 38.3 Å². The van der Waals surface area contributed by atoms with Crippen molar-refractivity contribution in [1.82, 2.24) is 9.88 Å². The molecule has 184 valence electrons. The van der Waals surface area contributed by atoms with Gasteiger partial charge in [0.25, 0.3) is 0 Å². The van der Waals surface area contributed by atoms with Gasteiger partial charge in [0.2, 0.25) is 11.8 Å². The van der Waals surface area contributed by atoms with Crippen molar-refractivity contribution < 1.29 is 19.1 Å². The molecule has 0 spiro atoms. The lowest BCUT2D eigenvalue weighted by Gasteiger charge is -2.30. The van der Waals surface area contributed by atoms with Gasteiger partial charge in [-0.05, 0) is 49.6 Å². The molecule has 3 aromatic rings. The number of benzene rings is 2. The first-order chi connectivity index (χ1) is 16.8. The molecule has 8 heteroatoms. The summed E-state index contributed by atoms with van der Waals surface area (Å²) in [4.78, 5) is 40.9. The van der Waals surface area contributed by atoms with Crippen LogP contribution in [0.5, 0.6) is 0 Å². The Morgan fingerprint density at radius 1 is 1.14 bits per heavy atom. The minimum absolute atomic E-state index is 0.164.